The SMILES string of the molecule is Cc1ccc(C)c(C(=O)CCC(=O)NNC(=O)COc2ccc(C#N)cc2)c1. The molecule has 28 heavy (non-hydrogen) atoms. The van der Waals surface area contributed by atoms with Crippen molar-refractivity contribution in [3.8, 4) is 11.8 Å². The summed E-state index contributed by atoms with van der Waals surface area (Å²) < 4.78 is 5.25. The van der Waals surface area contributed by atoms with E-state index in [4.69, 9.17) is 10.00 Å². The second-order valence-electron chi connectivity index (χ2n) is 6.26. The number of ether oxygens (including phenoxy) is 1. The van der Waals surface area contributed by atoms with Crippen molar-refractivity contribution in [2.24, 2.45) is 0 Å². The summed E-state index contributed by atoms with van der Waals surface area (Å²) in [6, 6.07) is 13.9. The van der Waals surface area contributed by atoms with Crippen LogP contribution in [0.25, 0.3) is 0 Å². The summed E-state index contributed by atoms with van der Waals surface area (Å²) in [7, 11) is 0. The van der Waals surface area contributed by atoms with Crippen molar-refractivity contribution >= 4 is 17.6 Å². The molecular weight excluding hydrogens is 358 g/mol. The second kappa shape index (κ2) is 9.88. The fraction of sp³-hybridized carbons (Fsp3) is 0.238. The van der Waals surface area contributed by atoms with Gasteiger partial charge in [-0.15, -0.1) is 0 Å². The first-order chi connectivity index (χ1) is 13.4. The fourth-order valence-electron chi connectivity index (χ4n) is 2.41. The normalized spacial score (nSPS) is 9.89. The van der Waals surface area contributed by atoms with E-state index in [1.54, 1.807) is 30.3 Å². The molecule has 7 heteroatoms. The summed E-state index contributed by atoms with van der Waals surface area (Å²) in [5, 5.41) is 8.72. The summed E-state index contributed by atoms with van der Waals surface area (Å²) in [6.45, 7) is 3.45. The lowest BCUT2D eigenvalue weighted by Crippen LogP contribution is -2.43. The third kappa shape index (κ3) is 6.25. The minimum Gasteiger partial charge on any atom is -0.484 e. The molecule has 0 aromatic heterocycles. The molecule has 0 aliphatic carbocycles. The van der Waals surface area contributed by atoms with Crippen LogP contribution in [0.3, 0.4) is 0 Å². The number of benzene rings is 2. The predicted molar refractivity (Wildman–Crippen MR) is 102 cm³/mol. The van der Waals surface area contributed by atoms with Crippen LogP contribution in [0.5, 0.6) is 5.75 Å². The molecule has 7 nitrogen and oxygen atoms in total. The minimum atomic E-state index is -0.543. The fourth-order valence-corrected chi connectivity index (χ4v) is 2.41. The molecule has 2 aromatic rings. The van der Waals surface area contributed by atoms with Gasteiger partial charge in [0.2, 0.25) is 5.91 Å². The summed E-state index contributed by atoms with van der Waals surface area (Å²) >= 11 is 0. The standard InChI is InChI=1S/C21H21N3O4/c1-14-3-4-15(2)18(11-14)19(25)9-10-20(26)23-24-21(27)13-28-17-7-5-16(12-22)6-8-17/h3-8,11H,9-10,13H2,1-2H3,(H,23,26)(H,24,27). The van der Waals surface area contributed by atoms with Gasteiger partial charge in [0.05, 0.1) is 11.6 Å². The average molecular weight is 379 g/mol. The lowest BCUT2D eigenvalue weighted by Gasteiger charge is -2.09. The van der Waals surface area contributed by atoms with E-state index in [2.05, 4.69) is 10.9 Å². The van der Waals surface area contributed by atoms with Gasteiger partial charge >= 0.3 is 0 Å². The Labute approximate surface area is 163 Å². The van der Waals surface area contributed by atoms with Crippen molar-refractivity contribution in [3.05, 3.63) is 64.7 Å². The third-order valence-electron chi connectivity index (χ3n) is 3.97. The number of carbonyl (C=O) groups is 3. The molecule has 0 heterocycles. The van der Waals surface area contributed by atoms with Gasteiger partial charge in [-0.2, -0.15) is 5.26 Å². The molecule has 2 aromatic carbocycles. The number of nitrogens with one attached hydrogen (secondary N) is 2. The van der Waals surface area contributed by atoms with Crippen molar-refractivity contribution in [1.82, 2.24) is 10.9 Å². The highest BCUT2D eigenvalue weighted by atomic mass is 16.5. The van der Waals surface area contributed by atoms with E-state index in [1.165, 1.54) is 0 Å². The first-order valence-corrected chi connectivity index (χ1v) is 8.70. The van der Waals surface area contributed by atoms with E-state index in [0.717, 1.165) is 11.1 Å². The average Bonchev–Trinajstić information content (AvgIpc) is 2.71. The predicted octanol–water partition coefficient (Wildman–Crippen LogP) is 2.36. The molecule has 0 spiro atoms. The quantitative estimate of drug-likeness (QED) is 0.567. The smallest absolute Gasteiger partial charge is 0.276 e. The van der Waals surface area contributed by atoms with Crippen LogP contribution in [0.1, 0.15) is 39.9 Å². The van der Waals surface area contributed by atoms with Gasteiger partial charge in [0.15, 0.2) is 12.4 Å². The number of Topliss-reactive ketones (excluding diaryl/α,β-unsaturated/α-hetero) is 1. The molecular formula is C21H21N3O4. The van der Waals surface area contributed by atoms with Crippen LogP contribution in [0.15, 0.2) is 42.5 Å². The van der Waals surface area contributed by atoms with Gasteiger partial charge in [0, 0.05) is 18.4 Å². The van der Waals surface area contributed by atoms with E-state index in [0.29, 0.717) is 16.9 Å². The maximum atomic E-state index is 12.3. The monoisotopic (exact) mass is 379 g/mol. The topological polar surface area (TPSA) is 108 Å². The van der Waals surface area contributed by atoms with Crippen molar-refractivity contribution in [3.63, 3.8) is 0 Å². The number of ketones is 1. The van der Waals surface area contributed by atoms with E-state index in [1.807, 2.05) is 32.0 Å². The Balaban J connectivity index is 1.71. The van der Waals surface area contributed by atoms with Crippen LogP contribution in [-0.4, -0.2) is 24.2 Å². The van der Waals surface area contributed by atoms with Crippen molar-refractivity contribution < 1.29 is 19.1 Å². The lowest BCUT2D eigenvalue weighted by molar-refractivity contribution is -0.130. The Hall–Kier alpha value is -3.66. The number of hydrogen-bond donors (Lipinski definition) is 2. The maximum absolute atomic E-state index is 12.3. The molecule has 0 aliphatic heterocycles. The molecule has 0 saturated heterocycles. The largest absolute Gasteiger partial charge is 0.484 e. The third-order valence-corrected chi connectivity index (χ3v) is 3.97. The van der Waals surface area contributed by atoms with Gasteiger partial charge < -0.3 is 4.74 Å². The number of rotatable bonds is 7. The second-order valence-corrected chi connectivity index (χ2v) is 6.26. The molecule has 0 radical (unpaired) electrons. The number of hydrazine groups is 1. The molecule has 2 rings (SSSR count). The number of aryl methyl sites for hydroxylation is 2. The van der Waals surface area contributed by atoms with E-state index in [9.17, 15) is 14.4 Å². The minimum absolute atomic E-state index is 0.0387. The number of nitrogens with zero attached hydrogens (tertiary/aromatic N) is 1. The molecule has 0 aliphatic rings. The Morgan fingerprint density at radius 2 is 1.64 bits per heavy atom. The summed E-state index contributed by atoms with van der Waals surface area (Å²) in [5.41, 5.74) is 7.42. The van der Waals surface area contributed by atoms with E-state index in [-0.39, 0.29) is 25.2 Å². The van der Waals surface area contributed by atoms with E-state index < -0.39 is 11.8 Å². The van der Waals surface area contributed by atoms with Crippen molar-refractivity contribution in [1.29, 1.82) is 5.26 Å². The van der Waals surface area contributed by atoms with Crippen molar-refractivity contribution in [2.45, 2.75) is 26.7 Å². The van der Waals surface area contributed by atoms with Crippen LogP contribution in [-0.2, 0) is 9.59 Å². The number of nitriles is 1. The number of amides is 2. The van der Waals surface area contributed by atoms with E-state index >= 15 is 0 Å². The van der Waals surface area contributed by atoms with Gasteiger partial charge in [0.1, 0.15) is 5.75 Å². The molecule has 144 valence electrons. The maximum Gasteiger partial charge on any atom is 0.276 e. The molecule has 0 atom stereocenters. The number of carbonyl (C=O) groups excluding carboxylic acids is 3. The lowest BCUT2D eigenvalue weighted by atomic mass is 9.99. The Morgan fingerprint density at radius 3 is 2.32 bits per heavy atom. The van der Waals surface area contributed by atoms with Gasteiger partial charge in [-0.1, -0.05) is 17.7 Å². The van der Waals surface area contributed by atoms with Gasteiger partial charge in [-0.25, -0.2) is 0 Å². The molecule has 0 bridgehead atoms. The van der Waals surface area contributed by atoms with Crippen LogP contribution < -0.4 is 15.6 Å². The molecule has 0 fully saturated rings. The molecule has 2 amide bonds. The Kier molecular flexibility index (Phi) is 7.28. The highest BCUT2D eigenvalue weighted by Gasteiger charge is 2.12. The van der Waals surface area contributed by atoms with Gasteiger partial charge in [0.25, 0.3) is 5.91 Å². The molecule has 0 unspecified atom stereocenters. The highest BCUT2D eigenvalue weighted by molar-refractivity contribution is 5.99. The van der Waals surface area contributed by atoms with Crippen LogP contribution in [0.4, 0.5) is 0 Å². The summed E-state index contributed by atoms with van der Waals surface area (Å²) in [5.74, 6) is -0.699. The first-order valence-electron chi connectivity index (χ1n) is 8.70. The Bertz CT molecular complexity index is 914. The zero-order valence-electron chi connectivity index (χ0n) is 15.7. The van der Waals surface area contributed by atoms with Crippen LogP contribution >= 0.6 is 0 Å². The molecule has 0 saturated carbocycles. The highest BCUT2D eigenvalue weighted by Crippen LogP contribution is 2.14. The molecule has 2 N–H and O–H groups in total. The zero-order chi connectivity index (χ0) is 20.5. The Morgan fingerprint density at radius 1 is 0.964 bits per heavy atom. The summed E-state index contributed by atoms with van der Waals surface area (Å²) in [6.07, 6.45) is 0.0106. The van der Waals surface area contributed by atoms with Crippen molar-refractivity contribution in [2.75, 3.05) is 6.61 Å². The summed E-state index contributed by atoms with van der Waals surface area (Å²) in [4.78, 5) is 35.8. The van der Waals surface area contributed by atoms with Gasteiger partial charge in [-0.3, -0.25) is 25.2 Å². The van der Waals surface area contributed by atoms with Crippen LogP contribution in [0, 0.1) is 25.2 Å². The number of hydrogen-bond acceptors (Lipinski definition) is 5. The van der Waals surface area contributed by atoms with Crippen LogP contribution in [0.2, 0.25) is 0 Å². The first kappa shape index (κ1) is 20.6. The zero-order valence-corrected chi connectivity index (χ0v) is 15.7. The van der Waals surface area contributed by atoms with Gasteiger partial charge in [-0.05, 0) is 49.7 Å².